The monoisotopic (exact) mass is 326 g/mol. The summed E-state index contributed by atoms with van der Waals surface area (Å²) >= 11 is 0. The number of benzene rings is 2. The summed E-state index contributed by atoms with van der Waals surface area (Å²) in [7, 11) is 1.57. The lowest BCUT2D eigenvalue weighted by molar-refractivity contribution is -0.312. The number of carboxylic acid groups (broad SMARTS) is 1. The Hall–Kier alpha value is -2.82. The van der Waals surface area contributed by atoms with E-state index < -0.39 is 17.8 Å². The van der Waals surface area contributed by atoms with Gasteiger partial charge in [0.1, 0.15) is 5.75 Å². The Labute approximate surface area is 141 Å². The number of anilines is 1. The first-order chi connectivity index (χ1) is 11.5. The highest BCUT2D eigenvalue weighted by Gasteiger charge is 2.26. The maximum Gasteiger partial charge on any atom is 0.228 e. The number of aliphatic carboxylic acids is 1. The molecule has 2 aromatic rings. The number of nitrogens with one attached hydrogen (secondary N) is 1. The molecule has 0 aliphatic rings. The zero-order chi connectivity index (χ0) is 17.5. The lowest BCUT2D eigenvalue weighted by atomic mass is 9.87. The Bertz CT molecular complexity index is 682. The van der Waals surface area contributed by atoms with Gasteiger partial charge in [-0.1, -0.05) is 37.3 Å². The fourth-order valence-electron chi connectivity index (χ4n) is 2.43. The molecule has 2 atom stereocenters. The second-order valence-electron chi connectivity index (χ2n) is 5.62. The average molecular weight is 326 g/mol. The van der Waals surface area contributed by atoms with Crippen LogP contribution in [0.1, 0.15) is 12.5 Å². The van der Waals surface area contributed by atoms with E-state index in [4.69, 9.17) is 4.74 Å². The largest absolute Gasteiger partial charge is 0.550 e. The molecule has 0 aromatic heterocycles. The summed E-state index contributed by atoms with van der Waals surface area (Å²) in [4.78, 5) is 23.8. The van der Waals surface area contributed by atoms with Crippen molar-refractivity contribution in [2.75, 3.05) is 12.4 Å². The standard InChI is InChI=1S/C19H21NO4/c1-13(19(22)23)17(12-14-8-10-16(24-2)11-9-14)18(21)20-15-6-4-3-5-7-15/h3-11,13,17H,12H2,1-2H3,(H,20,21)(H,22,23)/p-1/t13-,17-/m1/s1. The van der Waals surface area contributed by atoms with Crippen LogP contribution in [0.3, 0.4) is 0 Å². The molecule has 0 spiro atoms. The van der Waals surface area contributed by atoms with Crippen LogP contribution in [0, 0.1) is 11.8 Å². The van der Waals surface area contributed by atoms with Crippen molar-refractivity contribution in [3.63, 3.8) is 0 Å². The molecule has 0 bridgehead atoms. The van der Waals surface area contributed by atoms with Crippen molar-refractivity contribution in [1.29, 1.82) is 0 Å². The third-order valence-electron chi connectivity index (χ3n) is 3.97. The zero-order valence-corrected chi connectivity index (χ0v) is 13.7. The van der Waals surface area contributed by atoms with Crippen LogP contribution in [0.25, 0.3) is 0 Å². The van der Waals surface area contributed by atoms with Crippen LogP contribution in [0.4, 0.5) is 5.69 Å². The number of amides is 1. The Kier molecular flexibility index (Phi) is 5.95. The highest BCUT2D eigenvalue weighted by molar-refractivity contribution is 5.95. The predicted molar refractivity (Wildman–Crippen MR) is 89.4 cm³/mol. The van der Waals surface area contributed by atoms with E-state index in [1.807, 2.05) is 18.2 Å². The van der Waals surface area contributed by atoms with E-state index in [2.05, 4.69) is 5.32 Å². The predicted octanol–water partition coefficient (Wildman–Crippen LogP) is 1.88. The van der Waals surface area contributed by atoms with Gasteiger partial charge >= 0.3 is 0 Å². The molecule has 0 aliphatic heterocycles. The van der Waals surface area contributed by atoms with Gasteiger partial charge < -0.3 is 20.0 Å². The van der Waals surface area contributed by atoms with Crippen LogP contribution in [-0.2, 0) is 16.0 Å². The van der Waals surface area contributed by atoms with Crippen molar-refractivity contribution in [3.8, 4) is 5.75 Å². The summed E-state index contributed by atoms with van der Waals surface area (Å²) in [6.07, 6.45) is 0.303. The molecule has 0 aliphatic carbocycles. The van der Waals surface area contributed by atoms with Crippen molar-refractivity contribution in [2.45, 2.75) is 13.3 Å². The van der Waals surface area contributed by atoms with E-state index in [1.54, 1.807) is 43.5 Å². The first-order valence-electron chi connectivity index (χ1n) is 7.71. The molecule has 0 saturated carbocycles. The molecule has 0 heterocycles. The van der Waals surface area contributed by atoms with Crippen LogP contribution in [-0.4, -0.2) is 19.0 Å². The smallest absolute Gasteiger partial charge is 0.228 e. The quantitative estimate of drug-likeness (QED) is 0.842. The Balaban J connectivity index is 2.17. The van der Waals surface area contributed by atoms with Crippen molar-refractivity contribution in [2.24, 2.45) is 11.8 Å². The lowest BCUT2D eigenvalue weighted by Crippen LogP contribution is -2.40. The molecule has 1 N–H and O–H groups in total. The summed E-state index contributed by atoms with van der Waals surface area (Å²) in [5.74, 6) is -2.51. The van der Waals surface area contributed by atoms with Crippen LogP contribution >= 0.6 is 0 Å². The van der Waals surface area contributed by atoms with Crippen molar-refractivity contribution in [3.05, 3.63) is 60.2 Å². The normalized spacial score (nSPS) is 12.9. The maximum atomic E-state index is 12.6. The van der Waals surface area contributed by atoms with Gasteiger partial charge in [-0.25, -0.2) is 0 Å². The number of rotatable bonds is 7. The molecule has 2 rings (SSSR count). The lowest BCUT2D eigenvalue weighted by Gasteiger charge is -2.24. The Morgan fingerprint density at radius 1 is 1.08 bits per heavy atom. The molecule has 5 nitrogen and oxygen atoms in total. The highest BCUT2D eigenvalue weighted by Crippen LogP contribution is 2.21. The molecule has 0 fully saturated rings. The van der Waals surface area contributed by atoms with Crippen molar-refractivity contribution < 1.29 is 19.4 Å². The van der Waals surface area contributed by atoms with Gasteiger partial charge in [0.2, 0.25) is 5.91 Å². The van der Waals surface area contributed by atoms with Crippen LogP contribution in [0.2, 0.25) is 0 Å². The first-order valence-corrected chi connectivity index (χ1v) is 7.71. The first kappa shape index (κ1) is 17.5. The fourth-order valence-corrected chi connectivity index (χ4v) is 2.43. The van der Waals surface area contributed by atoms with Crippen molar-refractivity contribution >= 4 is 17.6 Å². The summed E-state index contributed by atoms with van der Waals surface area (Å²) in [5, 5.41) is 14.0. The average Bonchev–Trinajstić information content (AvgIpc) is 2.60. The third-order valence-corrected chi connectivity index (χ3v) is 3.97. The molecule has 24 heavy (non-hydrogen) atoms. The number of carbonyl (C=O) groups excluding carboxylic acids is 2. The molecular weight excluding hydrogens is 306 g/mol. The minimum Gasteiger partial charge on any atom is -0.550 e. The van der Waals surface area contributed by atoms with E-state index in [0.29, 0.717) is 17.9 Å². The van der Waals surface area contributed by atoms with Crippen LogP contribution < -0.4 is 15.2 Å². The summed E-state index contributed by atoms with van der Waals surface area (Å²) in [5.41, 5.74) is 1.49. The number of para-hydroxylation sites is 1. The zero-order valence-electron chi connectivity index (χ0n) is 13.7. The van der Waals surface area contributed by atoms with E-state index in [-0.39, 0.29) is 5.91 Å². The van der Waals surface area contributed by atoms with Gasteiger partial charge in [-0.3, -0.25) is 4.79 Å². The minimum atomic E-state index is -1.24. The summed E-state index contributed by atoms with van der Waals surface area (Å²) in [6.45, 7) is 1.49. The number of hydrogen-bond acceptors (Lipinski definition) is 4. The highest BCUT2D eigenvalue weighted by atomic mass is 16.5. The number of carboxylic acids is 1. The SMILES string of the molecule is COc1ccc(C[C@@H](C(=O)Nc2ccccc2)[C@@H](C)C(=O)[O-])cc1. The maximum absolute atomic E-state index is 12.6. The van der Waals surface area contributed by atoms with Gasteiger partial charge in [0, 0.05) is 17.6 Å². The second-order valence-corrected chi connectivity index (χ2v) is 5.62. The number of ether oxygens (including phenoxy) is 1. The number of hydrogen-bond donors (Lipinski definition) is 1. The fraction of sp³-hybridized carbons (Fsp3) is 0.263. The van der Waals surface area contributed by atoms with Crippen LogP contribution in [0.15, 0.2) is 54.6 Å². The third kappa shape index (κ3) is 4.59. The van der Waals surface area contributed by atoms with E-state index in [0.717, 1.165) is 5.56 Å². The van der Waals surface area contributed by atoms with Gasteiger partial charge in [0.15, 0.2) is 0 Å². The van der Waals surface area contributed by atoms with Gasteiger partial charge in [0.25, 0.3) is 0 Å². The van der Waals surface area contributed by atoms with E-state index in [9.17, 15) is 14.7 Å². The summed E-state index contributed by atoms with van der Waals surface area (Å²) < 4.78 is 5.10. The Morgan fingerprint density at radius 3 is 2.25 bits per heavy atom. The summed E-state index contributed by atoms with van der Waals surface area (Å²) in [6, 6.07) is 16.2. The van der Waals surface area contributed by atoms with Gasteiger partial charge in [-0.15, -0.1) is 0 Å². The number of carbonyl (C=O) groups is 2. The second kappa shape index (κ2) is 8.15. The molecular formula is C19H20NO4-. The van der Waals surface area contributed by atoms with Crippen molar-refractivity contribution in [1.82, 2.24) is 0 Å². The Morgan fingerprint density at radius 2 is 1.71 bits per heavy atom. The molecule has 0 radical (unpaired) electrons. The molecule has 0 unspecified atom stereocenters. The van der Waals surface area contributed by atoms with E-state index in [1.165, 1.54) is 6.92 Å². The van der Waals surface area contributed by atoms with Gasteiger partial charge in [-0.05, 0) is 36.2 Å². The topological polar surface area (TPSA) is 78.5 Å². The van der Waals surface area contributed by atoms with Gasteiger partial charge in [0.05, 0.1) is 13.0 Å². The molecule has 1 amide bonds. The molecule has 2 aromatic carbocycles. The van der Waals surface area contributed by atoms with E-state index >= 15 is 0 Å². The molecule has 5 heteroatoms. The van der Waals surface area contributed by atoms with Crippen LogP contribution in [0.5, 0.6) is 5.75 Å². The van der Waals surface area contributed by atoms with Gasteiger partial charge in [-0.2, -0.15) is 0 Å². The minimum absolute atomic E-state index is 0.303. The molecule has 0 saturated heterocycles. The molecule has 126 valence electrons. The number of methoxy groups -OCH3 is 1.